The Morgan fingerprint density at radius 3 is 2.40 bits per heavy atom. The minimum Gasteiger partial charge on any atom is -0.326 e. The summed E-state index contributed by atoms with van der Waals surface area (Å²) in [6.07, 6.45) is 0.531. The van der Waals surface area contributed by atoms with E-state index in [1.54, 1.807) is 0 Å². The molecule has 1 fully saturated rings. The fourth-order valence-corrected chi connectivity index (χ4v) is 3.28. The van der Waals surface area contributed by atoms with Crippen LogP contribution in [0.3, 0.4) is 0 Å². The molecule has 2 aromatic rings. The van der Waals surface area contributed by atoms with Gasteiger partial charge in [-0.2, -0.15) is 0 Å². The first-order chi connectivity index (χ1) is 12.2. The molecule has 25 heavy (non-hydrogen) atoms. The molecule has 1 N–H and O–H groups in total. The lowest BCUT2D eigenvalue weighted by molar-refractivity contribution is -0.116. The molecule has 0 atom stereocenters. The highest BCUT2D eigenvalue weighted by Crippen LogP contribution is 2.14. The number of carbonyl (C=O) groups excluding carboxylic acids is 1. The molecule has 0 saturated carbocycles. The molecular formula is C20H24ClN3O. The Morgan fingerprint density at radius 1 is 0.960 bits per heavy atom. The average Bonchev–Trinajstić information content (AvgIpc) is 2.62. The van der Waals surface area contributed by atoms with Crippen LogP contribution in [-0.2, 0) is 11.3 Å². The van der Waals surface area contributed by atoms with E-state index < -0.39 is 0 Å². The number of anilines is 1. The Hall–Kier alpha value is -1.88. The van der Waals surface area contributed by atoms with Crippen molar-refractivity contribution in [3.63, 3.8) is 0 Å². The predicted molar refractivity (Wildman–Crippen MR) is 103 cm³/mol. The quantitative estimate of drug-likeness (QED) is 0.859. The van der Waals surface area contributed by atoms with E-state index in [-0.39, 0.29) is 5.91 Å². The van der Waals surface area contributed by atoms with Crippen molar-refractivity contribution >= 4 is 23.2 Å². The zero-order valence-electron chi connectivity index (χ0n) is 14.3. The fraction of sp³-hybridized carbons (Fsp3) is 0.350. The summed E-state index contributed by atoms with van der Waals surface area (Å²) in [7, 11) is 0. The van der Waals surface area contributed by atoms with Crippen molar-refractivity contribution in [2.75, 3.05) is 38.0 Å². The van der Waals surface area contributed by atoms with Gasteiger partial charge in [0.2, 0.25) is 5.91 Å². The van der Waals surface area contributed by atoms with Crippen LogP contribution in [0, 0.1) is 0 Å². The second-order valence-corrected chi connectivity index (χ2v) is 6.85. The van der Waals surface area contributed by atoms with Crippen LogP contribution in [0.2, 0.25) is 5.02 Å². The first kappa shape index (κ1) is 17.9. The number of piperazine rings is 1. The van der Waals surface area contributed by atoms with Gasteiger partial charge in [0.1, 0.15) is 0 Å². The maximum atomic E-state index is 12.0. The van der Waals surface area contributed by atoms with Gasteiger partial charge < -0.3 is 10.2 Å². The van der Waals surface area contributed by atoms with Crippen molar-refractivity contribution in [2.45, 2.75) is 13.0 Å². The van der Waals surface area contributed by atoms with Gasteiger partial charge in [-0.1, -0.05) is 41.9 Å². The van der Waals surface area contributed by atoms with Gasteiger partial charge in [0.25, 0.3) is 0 Å². The average molecular weight is 358 g/mol. The Bertz CT molecular complexity index is 684. The number of amides is 1. The number of rotatable bonds is 6. The summed E-state index contributed by atoms with van der Waals surface area (Å²) in [6.45, 7) is 5.78. The fourth-order valence-electron chi connectivity index (χ4n) is 3.07. The monoisotopic (exact) mass is 357 g/mol. The number of nitrogens with one attached hydrogen (secondary N) is 1. The Morgan fingerprint density at radius 2 is 1.68 bits per heavy atom. The molecule has 0 aromatic heterocycles. The summed E-state index contributed by atoms with van der Waals surface area (Å²) in [6, 6.07) is 17.7. The number of para-hydroxylation sites is 1. The normalized spacial score (nSPS) is 15.9. The number of hydrogen-bond donors (Lipinski definition) is 1. The SMILES string of the molecule is O=C(CCN1CCN(Cc2cccc(Cl)c2)CC1)Nc1ccccc1. The zero-order valence-corrected chi connectivity index (χ0v) is 15.1. The van der Waals surface area contributed by atoms with Crippen molar-refractivity contribution < 1.29 is 4.79 Å². The molecule has 1 saturated heterocycles. The van der Waals surface area contributed by atoms with Crippen LogP contribution in [0.5, 0.6) is 0 Å². The number of carbonyl (C=O) groups is 1. The largest absolute Gasteiger partial charge is 0.326 e. The molecule has 4 nitrogen and oxygen atoms in total. The predicted octanol–water partition coefficient (Wildman–Crippen LogP) is 3.49. The molecule has 132 valence electrons. The van der Waals surface area contributed by atoms with Crippen LogP contribution >= 0.6 is 11.6 Å². The van der Waals surface area contributed by atoms with Crippen molar-refractivity contribution in [3.05, 3.63) is 65.2 Å². The number of nitrogens with zero attached hydrogens (tertiary/aromatic N) is 2. The van der Waals surface area contributed by atoms with Crippen LogP contribution < -0.4 is 5.32 Å². The smallest absolute Gasteiger partial charge is 0.225 e. The minimum atomic E-state index is 0.0764. The summed E-state index contributed by atoms with van der Waals surface area (Å²) >= 11 is 6.05. The lowest BCUT2D eigenvalue weighted by Crippen LogP contribution is -2.46. The summed E-state index contributed by atoms with van der Waals surface area (Å²) in [5, 5.41) is 3.73. The molecule has 0 unspecified atom stereocenters. The summed E-state index contributed by atoms with van der Waals surface area (Å²) < 4.78 is 0. The lowest BCUT2D eigenvalue weighted by atomic mass is 10.2. The second-order valence-electron chi connectivity index (χ2n) is 6.41. The molecule has 3 rings (SSSR count). The van der Waals surface area contributed by atoms with E-state index in [4.69, 9.17) is 11.6 Å². The molecule has 1 heterocycles. The van der Waals surface area contributed by atoms with Gasteiger partial charge in [0.05, 0.1) is 0 Å². The van der Waals surface area contributed by atoms with E-state index in [0.29, 0.717) is 6.42 Å². The van der Waals surface area contributed by atoms with E-state index in [2.05, 4.69) is 21.2 Å². The van der Waals surface area contributed by atoms with Gasteiger partial charge in [-0.05, 0) is 29.8 Å². The van der Waals surface area contributed by atoms with Crippen molar-refractivity contribution in [1.82, 2.24) is 9.80 Å². The van der Waals surface area contributed by atoms with E-state index >= 15 is 0 Å². The van der Waals surface area contributed by atoms with Gasteiger partial charge in [0, 0.05) is 56.4 Å². The third-order valence-electron chi connectivity index (χ3n) is 4.47. The van der Waals surface area contributed by atoms with Crippen LogP contribution in [0.1, 0.15) is 12.0 Å². The Kier molecular flexibility index (Phi) is 6.45. The van der Waals surface area contributed by atoms with E-state index in [0.717, 1.165) is 50.0 Å². The first-order valence-corrected chi connectivity index (χ1v) is 9.11. The van der Waals surface area contributed by atoms with Gasteiger partial charge in [-0.25, -0.2) is 0 Å². The molecular weight excluding hydrogens is 334 g/mol. The van der Waals surface area contributed by atoms with E-state index in [1.807, 2.05) is 48.5 Å². The molecule has 0 bridgehead atoms. The Balaban J connectivity index is 1.37. The van der Waals surface area contributed by atoms with Crippen LogP contribution in [0.4, 0.5) is 5.69 Å². The van der Waals surface area contributed by atoms with E-state index in [1.165, 1.54) is 5.56 Å². The van der Waals surface area contributed by atoms with E-state index in [9.17, 15) is 4.79 Å². The highest BCUT2D eigenvalue weighted by molar-refractivity contribution is 6.30. The minimum absolute atomic E-state index is 0.0764. The summed E-state index contributed by atoms with van der Waals surface area (Å²) in [5.41, 5.74) is 2.11. The van der Waals surface area contributed by atoms with Crippen molar-refractivity contribution in [2.24, 2.45) is 0 Å². The summed E-state index contributed by atoms with van der Waals surface area (Å²) in [5.74, 6) is 0.0764. The van der Waals surface area contributed by atoms with Crippen molar-refractivity contribution in [1.29, 1.82) is 0 Å². The van der Waals surface area contributed by atoms with Crippen LogP contribution in [-0.4, -0.2) is 48.4 Å². The third kappa shape index (κ3) is 5.85. The van der Waals surface area contributed by atoms with Crippen molar-refractivity contribution in [3.8, 4) is 0 Å². The first-order valence-electron chi connectivity index (χ1n) is 8.73. The topological polar surface area (TPSA) is 35.6 Å². The molecule has 0 spiro atoms. The molecule has 0 radical (unpaired) electrons. The highest BCUT2D eigenvalue weighted by Gasteiger charge is 2.17. The van der Waals surface area contributed by atoms with Crippen LogP contribution in [0.15, 0.2) is 54.6 Å². The molecule has 1 amide bonds. The zero-order chi connectivity index (χ0) is 17.5. The maximum Gasteiger partial charge on any atom is 0.225 e. The van der Waals surface area contributed by atoms with Gasteiger partial charge >= 0.3 is 0 Å². The lowest BCUT2D eigenvalue weighted by Gasteiger charge is -2.34. The molecule has 1 aliphatic heterocycles. The second kappa shape index (κ2) is 8.99. The highest BCUT2D eigenvalue weighted by atomic mass is 35.5. The molecule has 1 aliphatic rings. The molecule has 2 aromatic carbocycles. The third-order valence-corrected chi connectivity index (χ3v) is 4.71. The van der Waals surface area contributed by atoms with Gasteiger partial charge in [-0.15, -0.1) is 0 Å². The van der Waals surface area contributed by atoms with Crippen LogP contribution in [0.25, 0.3) is 0 Å². The number of benzene rings is 2. The standard InChI is InChI=1S/C20H24ClN3O/c21-18-6-4-5-17(15-18)16-24-13-11-23(12-14-24)10-9-20(25)22-19-7-2-1-3-8-19/h1-8,15H,9-14,16H2,(H,22,25). The molecule has 0 aliphatic carbocycles. The number of hydrogen-bond acceptors (Lipinski definition) is 3. The van der Waals surface area contributed by atoms with Gasteiger partial charge in [0.15, 0.2) is 0 Å². The van der Waals surface area contributed by atoms with Gasteiger partial charge in [-0.3, -0.25) is 9.69 Å². The summed E-state index contributed by atoms with van der Waals surface area (Å²) in [4.78, 5) is 16.8. The number of halogens is 1. The Labute approximate surface area is 154 Å². The maximum absolute atomic E-state index is 12.0. The molecule has 5 heteroatoms.